The van der Waals surface area contributed by atoms with Crippen LogP contribution in [0.5, 0.6) is 0 Å². The first-order valence-corrected chi connectivity index (χ1v) is 9.79. The number of halogens is 1. The molecule has 2 aromatic rings. The van der Waals surface area contributed by atoms with Gasteiger partial charge in [-0.05, 0) is 25.0 Å². The maximum absolute atomic E-state index is 9.31. The van der Waals surface area contributed by atoms with E-state index >= 15 is 0 Å². The minimum Gasteiger partial charge on any atom is -0.396 e. The van der Waals surface area contributed by atoms with Gasteiger partial charge in [0, 0.05) is 45.3 Å². The molecule has 1 aliphatic heterocycles. The van der Waals surface area contributed by atoms with Crippen molar-refractivity contribution in [2.24, 2.45) is 10.4 Å². The molecule has 1 aliphatic rings. The van der Waals surface area contributed by atoms with Crippen LogP contribution < -0.4 is 16.0 Å². The summed E-state index contributed by atoms with van der Waals surface area (Å²) in [4.78, 5) is 8.83. The lowest BCUT2D eigenvalue weighted by molar-refractivity contribution is 0.127. The van der Waals surface area contributed by atoms with Gasteiger partial charge in [-0.1, -0.05) is 23.5 Å². The molecule has 1 atom stereocenters. The van der Waals surface area contributed by atoms with Gasteiger partial charge in [-0.15, -0.1) is 24.0 Å². The molecule has 3 rings (SSSR count). The van der Waals surface area contributed by atoms with Gasteiger partial charge >= 0.3 is 0 Å². The first-order valence-electron chi connectivity index (χ1n) is 8.97. The van der Waals surface area contributed by atoms with Gasteiger partial charge in [0.25, 0.3) is 0 Å². The minimum atomic E-state index is 0. The molecule has 1 saturated heterocycles. The summed E-state index contributed by atoms with van der Waals surface area (Å²) in [6.45, 7) is 3.88. The maximum Gasteiger partial charge on any atom is 0.191 e. The largest absolute Gasteiger partial charge is 0.396 e. The van der Waals surface area contributed by atoms with Crippen LogP contribution in [0.3, 0.4) is 0 Å². The number of benzene rings is 1. The van der Waals surface area contributed by atoms with Crippen LogP contribution in [0.15, 0.2) is 29.3 Å². The van der Waals surface area contributed by atoms with Gasteiger partial charge in [-0.2, -0.15) is 0 Å². The molecule has 1 unspecified atom stereocenters. The van der Waals surface area contributed by atoms with E-state index in [1.807, 2.05) is 18.2 Å². The number of guanidine groups is 1. The smallest absolute Gasteiger partial charge is 0.191 e. The molecule has 0 bridgehead atoms. The predicted molar refractivity (Wildman–Crippen MR) is 122 cm³/mol. The number of nitrogens with zero attached hydrogens (tertiary/aromatic N) is 2. The van der Waals surface area contributed by atoms with Gasteiger partial charge in [-0.3, -0.25) is 4.99 Å². The number of fused-ring (bicyclic) bond motifs is 1. The molecule has 0 radical (unpaired) electrons. The van der Waals surface area contributed by atoms with Crippen LogP contribution in [0.25, 0.3) is 10.2 Å². The summed E-state index contributed by atoms with van der Waals surface area (Å²) in [5, 5.41) is 20.3. The van der Waals surface area contributed by atoms with Gasteiger partial charge in [0.05, 0.1) is 16.8 Å². The Morgan fingerprint density at radius 2 is 2.19 bits per heavy atom. The summed E-state index contributed by atoms with van der Waals surface area (Å²) >= 11 is 1.66. The molecule has 2 heterocycles. The first-order chi connectivity index (χ1) is 12.7. The predicted octanol–water partition coefficient (Wildman–Crippen LogP) is 2.28. The van der Waals surface area contributed by atoms with Gasteiger partial charge < -0.3 is 25.8 Å². The number of ether oxygens (including phenoxy) is 1. The van der Waals surface area contributed by atoms with Crippen molar-refractivity contribution in [1.82, 2.24) is 15.6 Å². The fraction of sp³-hybridized carbons (Fsp3) is 0.556. The number of thiazole rings is 1. The van der Waals surface area contributed by atoms with Crippen LogP contribution in [-0.2, 0) is 4.74 Å². The maximum atomic E-state index is 9.31. The first kappa shape index (κ1) is 22.1. The molecule has 1 aromatic heterocycles. The summed E-state index contributed by atoms with van der Waals surface area (Å²) in [7, 11) is 1.76. The van der Waals surface area contributed by atoms with Crippen LogP contribution >= 0.6 is 35.3 Å². The van der Waals surface area contributed by atoms with Gasteiger partial charge in [0.2, 0.25) is 0 Å². The number of aliphatic hydroxyl groups excluding tert-OH is 1. The average molecular weight is 505 g/mol. The third kappa shape index (κ3) is 6.16. The van der Waals surface area contributed by atoms with Crippen molar-refractivity contribution in [2.75, 3.05) is 51.8 Å². The Hall–Kier alpha value is -1.17. The van der Waals surface area contributed by atoms with Crippen molar-refractivity contribution in [1.29, 1.82) is 0 Å². The number of aliphatic hydroxyl groups is 1. The van der Waals surface area contributed by atoms with Crippen molar-refractivity contribution >= 4 is 56.6 Å². The van der Waals surface area contributed by atoms with Crippen molar-refractivity contribution in [3.05, 3.63) is 24.3 Å². The Labute approximate surface area is 181 Å². The third-order valence-corrected chi connectivity index (χ3v) is 5.66. The Morgan fingerprint density at radius 1 is 1.33 bits per heavy atom. The quantitative estimate of drug-likeness (QED) is 0.191. The molecule has 1 aromatic carbocycles. The minimum absolute atomic E-state index is 0. The van der Waals surface area contributed by atoms with Crippen molar-refractivity contribution < 1.29 is 9.84 Å². The Balaban J connectivity index is 0.00000261. The number of anilines is 1. The van der Waals surface area contributed by atoms with Crippen LogP contribution in [-0.4, -0.2) is 62.6 Å². The average Bonchev–Trinajstić information content (AvgIpc) is 3.28. The molecular weight excluding hydrogens is 477 g/mol. The molecule has 0 spiro atoms. The van der Waals surface area contributed by atoms with Gasteiger partial charge in [0.1, 0.15) is 0 Å². The van der Waals surface area contributed by atoms with E-state index < -0.39 is 0 Å². The van der Waals surface area contributed by atoms with E-state index in [2.05, 4.69) is 32.0 Å². The number of aliphatic imine (C=N–C) groups is 1. The number of aromatic nitrogens is 1. The van der Waals surface area contributed by atoms with Crippen molar-refractivity contribution in [3.63, 3.8) is 0 Å². The summed E-state index contributed by atoms with van der Waals surface area (Å²) < 4.78 is 6.71. The second-order valence-corrected chi connectivity index (χ2v) is 7.57. The number of nitrogens with one attached hydrogen (secondary N) is 3. The second kappa shape index (κ2) is 11.0. The molecule has 4 N–H and O–H groups in total. The summed E-state index contributed by atoms with van der Waals surface area (Å²) in [5.41, 5.74) is 1.03. The summed E-state index contributed by atoms with van der Waals surface area (Å²) in [6, 6.07) is 8.13. The molecule has 0 saturated carbocycles. The summed E-state index contributed by atoms with van der Waals surface area (Å²) in [5.74, 6) is 0.764. The molecular formula is C18H28IN5O2S. The standard InChI is InChI=1S/C18H27N5O2S.HI/c1-19-16(22-12-18(6-10-24)7-11-25-13-18)20-8-9-21-17-23-14-4-2-3-5-15(14)26-17;/h2-5,24H,6-13H2,1H3,(H,21,23)(H2,19,20,22);1H. The zero-order valence-corrected chi connectivity index (χ0v) is 18.7. The molecule has 1 fully saturated rings. The highest BCUT2D eigenvalue weighted by Crippen LogP contribution is 2.31. The van der Waals surface area contributed by atoms with E-state index in [4.69, 9.17) is 4.74 Å². The van der Waals surface area contributed by atoms with E-state index in [0.717, 1.165) is 55.7 Å². The fourth-order valence-corrected chi connectivity index (χ4v) is 3.99. The van der Waals surface area contributed by atoms with E-state index in [-0.39, 0.29) is 36.0 Å². The van der Waals surface area contributed by atoms with E-state index in [1.54, 1.807) is 18.4 Å². The molecule has 7 nitrogen and oxygen atoms in total. The third-order valence-electron chi connectivity index (χ3n) is 4.67. The molecule has 9 heteroatoms. The molecule has 0 amide bonds. The molecule has 27 heavy (non-hydrogen) atoms. The molecule has 0 aliphatic carbocycles. The monoisotopic (exact) mass is 505 g/mol. The van der Waals surface area contributed by atoms with E-state index in [1.165, 1.54) is 4.70 Å². The van der Waals surface area contributed by atoms with Crippen molar-refractivity contribution in [3.8, 4) is 0 Å². The zero-order chi connectivity index (χ0) is 18.2. The van der Waals surface area contributed by atoms with E-state index in [0.29, 0.717) is 6.61 Å². The number of hydrogen-bond acceptors (Lipinski definition) is 6. The SMILES string of the molecule is CN=C(NCCNc1nc2ccccc2s1)NCC1(CCO)CCOC1.I. The lowest BCUT2D eigenvalue weighted by atomic mass is 9.84. The Kier molecular flexibility index (Phi) is 9.00. The Morgan fingerprint density at radius 3 is 2.89 bits per heavy atom. The topological polar surface area (TPSA) is 90.8 Å². The fourth-order valence-electron chi connectivity index (χ4n) is 3.10. The normalized spacial score (nSPS) is 19.7. The van der Waals surface area contributed by atoms with Gasteiger partial charge in [-0.25, -0.2) is 4.98 Å². The van der Waals surface area contributed by atoms with Gasteiger partial charge in [0.15, 0.2) is 11.1 Å². The second-order valence-electron chi connectivity index (χ2n) is 6.54. The number of rotatable bonds is 8. The van der Waals surface area contributed by atoms with Crippen LogP contribution in [0.4, 0.5) is 5.13 Å². The van der Waals surface area contributed by atoms with Crippen LogP contribution in [0.2, 0.25) is 0 Å². The van der Waals surface area contributed by atoms with E-state index in [9.17, 15) is 5.11 Å². The highest BCUT2D eigenvalue weighted by atomic mass is 127. The lowest BCUT2D eigenvalue weighted by Crippen LogP contribution is -2.45. The highest BCUT2D eigenvalue weighted by Gasteiger charge is 2.34. The summed E-state index contributed by atoms with van der Waals surface area (Å²) in [6.07, 6.45) is 1.72. The highest BCUT2D eigenvalue weighted by molar-refractivity contribution is 14.0. The van der Waals surface area contributed by atoms with Crippen molar-refractivity contribution in [2.45, 2.75) is 12.8 Å². The molecule has 150 valence electrons. The van der Waals surface area contributed by atoms with Crippen LogP contribution in [0.1, 0.15) is 12.8 Å². The lowest BCUT2D eigenvalue weighted by Gasteiger charge is -2.27. The van der Waals surface area contributed by atoms with Crippen LogP contribution in [0, 0.1) is 5.41 Å². The number of para-hydroxylation sites is 1. The Bertz CT molecular complexity index is 700. The zero-order valence-electron chi connectivity index (χ0n) is 15.5. The number of hydrogen-bond donors (Lipinski definition) is 4.